The summed E-state index contributed by atoms with van der Waals surface area (Å²) in [6.07, 6.45) is 0. The second kappa shape index (κ2) is 5.85. The number of hydrogen-bond donors (Lipinski definition) is 1. The number of hydrogen-bond acceptors (Lipinski definition) is 1. The smallest absolute Gasteiger partial charge is 0.128 e. The number of para-hydroxylation sites is 1. The highest BCUT2D eigenvalue weighted by Gasteiger charge is 2.12. The molecule has 0 aliphatic heterocycles. The van der Waals surface area contributed by atoms with Crippen molar-refractivity contribution in [1.29, 1.82) is 0 Å². The van der Waals surface area contributed by atoms with Crippen LogP contribution in [-0.4, -0.2) is 0 Å². The highest BCUT2D eigenvalue weighted by molar-refractivity contribution is 9.11. The van der Waals surface area contributed by atoms with Gasteiger partial charge in [0.15, 0.2) is 0 Å². The average Bonchev–Trinajstić information content (AvgIpc) is 2.34. The van der Waals surface area contributed by atoms with Crippen molar-refractivity contribution in [1.82, 2.24) is 0 Å². The van der Waals surface area contributed by atoms with Crippen LogP contribution in [0.1, 0.15) is 18.5 Å². The lowest BCUT2D eigenvalue weighted by Gasteiger charge is -2.18. The molecule has 0 fully saturated rings. The van der Waals surface area contributed by atoms with Crippen LogP contribution in [0.15, 0.2) is 51.4 Å². The van der Waals surface area contributed by atoms with Crippen LogP contribution in [-0.2, 0) is 0 Å². The van der Waals surface area contributed by atoms with Gasteiger partial charge in [0.1, 0.15) is 5.82 Å². The minimum atomic E-state index is -0.194. The van der Waals surface area contributed by atoms with Crippen molar-refractivity contribution in [3.63, 3.8) is 0 Å². The molecule has 0 saturated heterocycles. The summed E-state index contributed by atoms with van der Waals surface area (Å²) >= 11 is 6.96. The number of anilines is 1. The second-order valence-electron chi connectivity index (χ2n) is 3.98. The van der Waals surface area contributed by atoms with Crippen LogP contribution >= 0.6 is 31.9 Å². The minimum Gasteiger partial charge on any atom is -0.377 e. The molecule has 4 heteroatoms. The Hall–Kier alpha value is -0.870. The first-order valence-electron chi connectivity index (χ1n) is 5.54. The zero-order valence-corrected chi connectivity index (χ0v) is 12.9. The molecule has 0 aromatic heterocycles. The molecule has 0 bridgehead atoms. The zero-order valence-electron chi connectivity index (χ0n) is 9.75. The third-order valence-corrected chi connectivity index (χ3v) is 4.02. The van der Waals surface area contributed by atoms with Crippen LogP contribution in [0.2, 0.25) is 0 Å². The van der Waals surface area contributed by atoms with Crippen LogP contribution in [0.5, 0.6) is 0 Å². The predicted octanol–water partition coefficient (Wildman–Crippen LogP) is 5.52. The van der Waals surface area contributed by atoms with Gasteiger partial charge in [-0.15, -0.1) is 0 Å². The highest BCUT2D eigenvalue weighted by Crippen LogP contribution is 2.33. The van der Waals surface area contributed by atoms with E-state index in [1.54, 1.807) is 12.1 Å². The fraction of sp³-hybridized carbons (Fsp3) is 0.143. The Balaban J connectivity index is 2.27. The van der Waals surface area contributed by atoms with Crippen LogP contribution in [0.25, 0.3) is 0 Å². The lowest BCUT2D eigenvalue weighted by atomic mass is 10.1. The minimum absolute atomic E-state index is 0.110. The van der Waals surface area contributed by atoms with E-state index in [-0.39, 0.29) is 11.9 Å². The van der Waals surface area contributed by atoms with Crippen molar-refractivity contribution >= 4 is 37.5 Å². The first-order valence-corrected chi connectivity index (χ1v) is 7.13. The first-order chi connectivity index (χ1) is 8.59. The van der Waals surface area contributed by atoms with E-state index in [0.29, 0.717) is 5.56 Å². The van der Waals surface area contributed by atoms with Gasteiger partial charge in [0.05, 0.1) is 11.7 Å². The van der Waals surface area contributed by atoms with Gasteiger partial charge in [-0.05, 0) is 57.0 Å². The normalized spacial score (nSPS) is 12.2. The molecule has 1 atom stereocenters. The molecule has 94 valence electrons. The molecule has 1 unspecified atom stereocenters. The van der Waals surface area contributed by atoms with Gasteiger partial charge >= 0.3 is 0 Å². The van der Waals surface area contributed by atoms with Crippen molar-refractivity contribution < 1.29 is 4.39 Å². The summed E-state index contributed by atoms with van der Waals surface area (Å²) in [4.78, 5) is 0. The van der Waals surface area contributed by atoms with Gasteiger partial charge in [-0.1, -0.05) is 24.3 Å². The molecule has 0 aliphatic carbocycles. The second-order valence-corrected chi connectivity index (χ2v) is 5.69. The zero-order chi connectivity index (χ0) is 13.1. The maximum Gasteiger partial charge on any atom is 0.128 e. The Labute approximate surface area is 123 Å². The van der Waals surface area contributed by atoms with Gasteiger partial charge in [-0.25, -0.2) is 4.39 Å². The first kappa shape index (κ1) is 13.6. The molecule has 0 heterocycles. The molecular formula is C14H12Br2FN. The van der Waals surface area contributed by atoms with Crippen LogP contribution in [0, 0.1) is 5.82 Å². The molecule has 2 aromatic carbocycles. The monoisotopic (exact) mass is 371 g/mol. The molecule has 2 aromatic rings. The molecule has 2 rings (SSSR count). The maximum absolute atomic E-state index is 13.7. The summed E-state index contributed by atoms with van der Waals surface area (Å²) in [7, 11) is 0. The van der Waals surface area contributed by atoms with Crippen LogP contribution in [0.4, 0.5) is 10.1 Å². The van der Waals surface area contributed by atoms with Crippen molar-refractivity contribution in [3.8, 4) is 0 Å². The Morgan fingerprint density at radius 3 is 2.22 bits per heavy atom. The van der Waals surface area contributed by atoms with Crippen molar-refractivity contribution in [2.45, 2.75) is 13.0 Å². The van der Waals surface area contributed by atoms with Gasteiger partial charge in [-0.3, -0.25) is 0 Å². The van der Waals surface area contributed by atoms with Crippen molar-refractivity contribution in [3.05, 3.63) is 62.8 Å². The van der Waals surface area contributed by atoms with E-state index < -0.39 is 0 Å². The van der Waals surface area contributed by atoms with Gasteiger partial charge < -0.3 is 5.32 Å². The fourth-order valence-electron chi connectivity index (χ4n) is 1.76. The molecule has 0 aliphatic rings. The molecule has 18 heavy (non-hydrogen) atoms. The van der Waals surface area contributed by atoms with E-state index >= 15 is 0 Å². The van der Waals surface area contributed by atoms with Crippen molar-refractivity contribution in [2.24, 2.45) is 0 Å². The van der Waals surface area contributed by atoms with E-state index in [9.17, 15) is 4.39 Å². The Morgan fingerprint density at radius 1 is 1.00 bits per heavy atom. The number of nitrogens with one attached hydrogen (secondary N) is 1. The SMILES string of the molecule is CC(Nc1c(Br)cccc1Br)c1ccccc1F. The highest BCUT2D eigenvalue weighted by atomic mass is 79.9. The van der Waals surface area contributed by atoms with E-state index in [4.69, 9.17) is 0 Å². The van der Waals surface area contributed by atoms with E-state index in [0.717, 1.165) is 14.6 Å². The third-order valence-electron chi connectivity index (χ3n) is 2.70. The standard InChI is InChI=1S/C14H12Br2FN/c1-9(10-5-2-3-8-13(10)17)18-14-11(15)6-4-7-12(14)16/h2-9,18H,1H3. The summed E-state index contributed by atoms with van der Waals surface area (Å²) in [5.41, 5.74) is 1.58. The Bertz CT molecular complexity index is 537. The maximum atomic E-state index is 13.7. The summed E-state index contributed by atoms with van der Waals surface area (Å²) in [5, 5.41) is 3.30. The quantitative estimate of drug-likeness (QED) is 0.747. The topological polar surface area (TPSA) is 12.0 Å². The van der Waals surface area contributed by atoms with E-state index in [2.05, 4.69) is 37.2 Å². The number of benzene rings is 2. The van der Waals surface area contributed by atoms with E-state index in [1.807, 2.05) is 31.2 Å². The average molecular weight is 373 g/mol. The van der Waals surface area contributed by atoms with Crippen LogP contribution < -0.4 is 5.32 Å². The summed E-state index contributed by atoms with van der Waals surface area (Å²) in [6, 6.07) is 12.5. The largest absolute Gasteiger partial charge is 0.377 e. The Kier molecular flexibility index (Phi) is 4.40. The Morgan fingerprint density at radius 2 is 1.61 bits per heavy atom. The lowest BCUT2D eigenvalue weighted by molar-refractivity contribution is 0.600. The predicted molar refractivity (Wildman–Crippen MR) is 80.3 cm³/mol. The van der Waals surface area contributed by atoms with Gasteiger partial charge in [0.2, 0.25) is 0 Å². The number of halogens is 3. The molecule has 0 saturated carbocycles. The van der Waals surface area contributed by atoms with Gasteiger partial charge in [0.25, 0.3) is 0 Å². The van der Waals surface area contributed by atoms with Crippen molar-refractivity contribution in [2.75, 3.05) is 5.32 Å². The summed E-state index contributed by atoms with van der Waals surface area (Å²) in [6.45, 7) is 1.93. The van der Waals surface area contributed by atoms with Gasteiger partial charge in [0, 0.05) is 14.5 Å². The molecule has 1 nitrogen and oxygen atoms in total. The number of rotatable bonds is 3. The lowest BCUT2D eigenvalue weighted by Crippen LogP contribution is -2.09. The third kappa shape index (κ3) is 2.93. The molecular weight excluding hydrogens is 361 g/mol. The molecule has 1 N–H and O–H groups in total. The summed E-state index contributed by atoms with van der Waals surface area (Å²) in [5.74, 6) is -0.194. The van der Waals surface area contributed by atoms with Gasteiger partial charge in [-0.2, -0.15) is 0 Å². The molecule has 0 spiro atoms. The van der Waals surface area contributed by atoms with E-state index in [1.165, 1.54) is 6.07 Å². The molecule has 0 amide bonds. The van der Waals surface area contributed by atoms with Crippen LogP contribution in [0.3, 0.4) is 0 Å². The molecule has 0 radical (unpaired) electrons. The summed E-state index contributed by atoms with van der Waals surface area (Å²) < 4.78 is 15.6. The fourth-order valence-corrected chi connectivity index (χ4v) is 2.98.